The third-order valence-corrected chi connectivity index (χ3v) is 3.38. The number of ether oxygens (including phenoxy) is 3. The monoisotopic (exact) mass is 252 g/mol. The van der Waals surface area contributed by atoms with Crippen molar-refractivity contribution in [2.75, 3.05) is 20.3 Å². The molecule has 0 aromatic heterocycles. The van der Waals surface area contributed by atoms with Gasteiger partial charge in [0.25, 0.3) is 0 Å². The Hall–Kier alpha value is -1.10. The zero-order chi connectivity index (χ0) is 13.1. The van der Waals surface area contributed by atoms with Crippen LogP contribution in [0.15, 0.2) is 12.1 Å². The molecule has 1 heterocycles. The number of aliphatic hydroxyl groups is 1. The van der Waals surface area contributed by atoms with Gasteiger partial charge in [-0.3, -0.25) is 0 Å². The Balaban J connectivity index is 2.18. The molecule has 100 valence electrons. The lowest BCUT2D eigenvalue weighted by Gasteiger charge is -2.19. The average Bonchev–Trinajstić information content (AvgIpc) is 2.85. The Morgan fingerprint density at radius 3 is 2.61 bits per heavy atom. The predicted molar refractivity (Wildman–Crippen MR) is 67.7 cm³/mol. The van der Waals surface area contributed by atoms with E-state index in [0.717, 1.165) is 22.4 Å². The Morgan fingerprint density at radius 2 is 2.00 bits per heavy atom. The van der Waals surface area contributed by atoms with Crippen molar-refractivity contribution >= 4 is 0 Å². The van der Waals surface area contributed by atoms with Crippen molar-refractivity contribution in [3.63, 3.8) is 0 Å². The first-order chi connectivity index (χ1) is 8.63. The second-order valence-corrected chi connectivity index (χ2v) is 4.55. The summed E-state index contributed by atoms with van der Waals surface area (Å²) in [6, 6.07) is 3.90. The maximum atomic E-state index is 10.3. The maximum absolute atomic E-state index is 10.3. The lowest BCUT2D eigenvalue weighted by molar-refractivity contribution is -0.0710. The average molecular weight is 252 g/mol. The third-order valence-electron chi connectivity index (χ3n) is 3.38. The van der Waals surface area contributed by atoms with Crippen LogP contribution in [0.25, 0.3) is 0 Å². The normalized spacial score (nSPS) is 18.0. The molecular weight excluding hydrogens is 232 g/mol. The highest BCUT2D eigenvalue weighted by Crippen LogP contribution is 2.33. The van der Waals surface area contributed by atoms with Gasteiger partial charge in [-0.25, -0.2) is 0 Å². The van der Waals surface area contributed by atoms with Gasteiger partial charge in [0, 0.05) is 12.0 Å². The van der Waals surface area contributed by atoms with E-state index < -0.39 is 6.10 Å². The fourth-order valence-electron chi connectivity index (χ4n) is 2.20. The van der Waals surface area contributed by atoms with Crippen LogP contribution in [-0.2, 0) is 9.47 Å². The van der Waals surface area contributed by atoms with Gasteiger partial charge < -0.3 is 19.3 Å². The number of hydrogen-bond acceptors (Lipinski definition) is 4. The van der Waals surface area contributed by atoms with Gasteiger partial charge in [0.05, 0.1) is 26.4 Å². The van der Waals surface area contributed by atoms with Crippen LogP contribution in [0, 0.1) is 13.8 Å². The summed E-state index contributed by atoms with van der Waals surface area (Å²) in [6.07, 6.45) is -0.521. The lowest BCUT2D eigenvalue weighted by Crippen LogP contribution is -2.14. The third kappa shape index (κ3) is 2.66. The number of aryl methyl sites for hydroxylation is 1. The predicted octanol–water partition coefficient (Wildman–Crippen LogP) is 2.11. The van der Waals surface area contributed by atoms with Crippen molar-refractivity contribution in [2.24, 2.45) is 0 Å². The van der Waals surface area contributed by atoms with Crippen molar-refractivity contribution in [2.45, 2.75) is 32.7 Å². The van der Waals surface area contributed by atoms with Gasteiger partial charge in [-0.1, -0.05) is 12.1 Å². The molecule has 0 amide bonds. The summed E-state index contributed by atoms with van der Waals surface area (Å²) in [4.78, 5) is 0. The van der Waals surface area contributed by atoms with E-state index in [1.807, 2.05) is 26.0 Å². The first-order valence-electron chi connectivity index (χ1n) is 6.19. The molecule has 1 fully saturated rings. The van der Waals surface area contributed by atoms with Crippen molar-refractivity contribution in [1.29, 1.82) is 0 Å². The van der Waals surface area contributed by atoms with Crippen LogP contribution in [0.4, 0.5) is 0 Å². The zero-order valence-electron chi connectivity index (χ0n) is 11.1. The molecule has 1 saturated heterocycles. The number of aliphatic hydroxyl groups excluding tert-OH is 1. The summed E-state index contributed by atoms with van der Waals surface area (Å²) < 4.78 is 16.1. The Labute approximate surface area is 107 Å². The summed E-state index contributed by atoms with van der Waals surface area (Å²) in [7, 11) is 1.63. The van der Waals surface area contributed by atoms with Crippen LogP contribution in [0.5, 0.6) is 5.75 Å². The van der Waals surface area contributed by atoms with E-state index >= 15 is 0 Å². The van der Waals surface area contributed by atoms with Crippen molar-refractivity contribution in [3.8, 4) is 5.75 Å². The van der Waals surface area contributed by atoms with E-state index in [-0.39, 0.29) is 6.29 Å². The number of methoxy groups -OCH3 is 1. The molecule has 0 spiro atoms. The lowest BCUT2D eigenvalue weighted by atomic mass is 9.99. The molecule has 18 heavy (non-hydrogen) atoms. The minimum Gasteiger partial charge on any atom is -0.496 e. The standard InChI is InChI=1S/C14H20O4/c1-9-4-5-11(14(16-3)10(9)2)12(15)8-13-17-6-7-18-13/h4-5,12-13,15H,6-8H2,1-3H3. The summed E-state index contributed by atoms with van der Waals surface area (Å²) >= 11 is 0. The molecule has 2 rings (SSSR count). The molecule has 4 nitrogen and oxygen atoms in total. The van der Waals surface area contributed by atoms with Crippen LogP contribution in [0.1, 0.15) is 29.2 Å². The van der Waals surface area contributed by atoms with Gasteiger partial charge in [-0.05, 0) is 25.0 Å². The van der Waals surface area contributed by atoms with Crippen LogP contribution in [0.3, 0.4) is 0 Å². The van der Waals surface area contributed by atoms with E-state index in [9.17, 15) is 5.11 Å². The highest BCUT2D eigenvalue weighted by molar-refractivity contribution is 5.46. The fourth-order valence-corrected chi connectivity index (χ4v) is 2.20. The summed E-state index contributed by atoms with van der Waals surface area (Å²) in [5, 5.41) is 10.3. The Bertz CT molecular complexity index is 411. The van der Waals surface area contributed by atoms with Crippen LogP contribution < -0.4 is 4.74 Å². The highest BCUT2D eigenvalue weighted by atomic mass is 16.7. The van der Waals surface area contributed by atoms with Crippen LogP contribution in [-0.4, -0.2) is 31.7 Å². The molecule has 0 bridgehead atoms. The second kappa shape index (κ2) is 5.69. The van der Waals surface area contributed by atoms with Gasteiger partial charge in [-0.15, -0.1) is 0 Å². The van der Waals surface area contributed by atoms with E-state index in [2.05, 4.69) is 0 Å². The summed E-state index contributed by atoms with van der Waals surface area (Å²) in [5.74, 6) is 0.750. The molecular formula is C14H20O4. The van der Waals surface area contributed by atoms with Gasteiger partial charge in [0.2, 0.25) is 0 Å². The molecule has 0 radical (unpaired) electrons. The number of hydrogen-bond donors (Lipinski definition) is 1. The molecule has 0 aliphatic carbocycles. The number of benzene rings is 1. The fraction of sp³-hybridized carbons (Fsp3) is 0.571. The van der Waals surface area contributed by atoms with E-state index in [1.54, 1.807) is 7.11 Å². The van der Waals surface area contributed by atoms with Gasteiger partial charge in [0.1, 0.15) is 5.75 Å². The first-order valence-corrected chi connectivity index (χ1v) is 6.19. The summed E-state index contributed by atoms with van der Waals surface area (Å²) in [5.41, 5.74) is 3.00. The topological polar surface area (TPSA) is 47.9 Å². The maximum Gasteiger partial charge on any atom is 0.160 e. The quantitative estimate of drug-likeness (QED) is 0.891. The molecule has 1 aliphatic heterocycles. The summed E-state index contributed by atoms with van der Waals surface area (Å²) in [6.45, 7) is 5.22. The molecule has 1 aromatic carbocycles. The largest absolute Gasteiger partial charge is 0.496 e. The smallest absolute Gasteiger partial charge is 0.160 e. The van der Waals surface area contributed by atoms with Crippen molar-refractivity contribution in [1.82, 2.24) is 0 Å². The van der Waals surface area contributed by atoms with Gasteiger partial charge in [0.15, 0.2) is 6.29 Å². The minimum atomic E-state index is -0.637. The molecule has 1 aromatic rings. The second-order valence-electron chi connectivity index (χ2n) is 4.55. The highest BCUT2D eigenvalue weighted by Gasteiger charge is 2.23. The number of rotatable bonds is 4. The molecule has 4 heteroatoms. The molecule has 1 aliphatic rings. The Kier molecular flexibility index (Phi) is 4.22. The molecule has 1 atom stereocenters. The van der Waals surface area contributed by atoms with Gasteiger partial charge in [-0.2, -0.15) is 0 Å². The minimum absolute atomic E-state index is 0.314. The first kappa shape index (κ1) is 13.3. The van der Waals surface area contributed by atoms with Crippen molar-refractivity contribution < 1.29 is 19.3 Å². The molecule has 1 unspecified atom stereocenters. The van der Waals surface area contributed by atoms with E-state index in [0.29, 0.717) is 19.6 Å². The van der Waals surface area contributed by atoms with Gasteiger partial charge >= 0.3 is 0 Å². The van der Waals surface area contributed by atoms with Crippen LogP contribution in [0.2, 0.25) is 0 Å². The van der Waals surface area contributed by atoms with Crippen LogP contribution >= 0.6 is 0 Å². The van der Waals surface area contributed by atoms with Crippen molar-refractivity contribution in [3.05, 3.63) is 28.8 Å². The Morgan fingerprint density at radius 1 is 1.33 bits per heavy atom. The molecule has 0 saturated carbocycles. The van der Waals surface area contributed by atoms with E-state index in [1.165, 1.54) is 0 Å². The SMILES string of the molecule is COc1c(C(O)CC2OCCO2)ccc(C)c1C. The van der Waals surface area contributed by atoms with E-state index in [4.69, 9.17) is 14.2 Å². The molecule has 1 N–H and O–H groups in total. The zero-order valence-corrected chi connectivity index (χ0v) is 11.1.